The summed E-state index contributed by atoms with van der Waals surface area (Å²) in [6.07, 6.45) is 1.94. The van der Waals surface area contributed by atoms with Crippen LogP contribution < -0.4 is 0 Å². The van der Waals surface area contributed by atoms with Crippen LogP contribution in [0.3, 0.4) is 0 Å². The number of pyridine rings is 1. The second-order valence-electron chi connectivity index (χ2n) is 3.15. The third-order valence-electron chi connectivity index (χ3n) is 2.10. The first-order valence-corrected chi connectivity index (χ1v) is 4.32. The van der Waals surface area contributed by atoms with Crippen molar-refractivity contribution in [1.29, 1.82) is 0 Å². The molecule has 1 aliphatic rings. The van der Waals surface area contributed by atoms with Crippen molar-refractivity contribution in [3.63, 3.8) is 0 Å². The van der Waals surface area contributed by atoms with Gasteiger partial charge in [0, 0.05) is 17.8 Å². The molecule has 0 radical (unpaired) electrons. The van der Waals surface area contributed by atoms with Gasteiger partial charge in [0.15, 0.2) is 0 Å². The number of aliphatic imine (C=N–C) groups is 1. The minimum atomic E-state index is 0.934. The van der Waals surface area contributed by atoms with Gasteiger partial charge in [-0.15, -0.1) is 0 Å². The molecule has 0 fully saturated rings. The predicted octanol–water partition coefficient (Wildman–Crippen LogP) is 2.29. The Morgan fingerprint density at radius 2 is 2.25 bits per heavy atom. The fraction of sp³-hybridized carbons (Fsp3) is 0.400. The van der Waals surface area contributed by atoms with Gasteiger partial charge in [0.25, 0.3) is 0 Å². The van der Waals surface area contributed by atoms with E-state index >= 15 is 0 Å². The van der Waals surface area contributed by atoms with Crippen molar-refractivity contribution in [2.24, 2.45) is 4.99 Å². The molecule has 0 unspecified atom stereocenters. The fourth-order valence-corrected chi connectivity index (χ4v) is 1.46. The van der Waals surface area contributed by atoms with Crippen LogP contribution in [0.15, 0.2) is 17.1 Å². The smallest absolute Gasteiger partial charge is 0.0848 e. The minimum Gasteiger partial charge on any atom is -0.256 e. The third-order valence-corrected chi connectivity index (χ3v) is 2.10. The van der Waals surface area contributed by atoms with E-state index in [1.54, 1.807) is 0 Å². The van der Waals surface area contributed by atoms with Gasteiger partial charge >= 0.3 is 0 Å². The molecule has 2 rings (SSSR count). The molecule has 0 saturated heterocycles. The Kier molecular flexibility index (Phi) is 1.68. The summed E-state index contributed by atoms with van der Waals surface area (Å²) in [5.41, 5.74) is 4.54. The van der Waals surface area contributed by atoms with Crippen molar-refractivity contribution in [1.82, 2.24) is 4.98 Å². The maximum absolute atomic E-state index is 4.51. The summed E-state index contributed by atoms with van der Waals surface area (Å²) >= 11 is 0. The molecule has 0 amide bonds. The van der Waals surface area contributed by atoms with E-state index in [1.807, 2.05) is 6.92 Å². The molecule has 1 aromatic heterocycles. The van der Waals surface area contributed by atoms with Crippen molar-refractivity contribution in [3.8, 4) is 0 Å². The Morgan fingerprint density at radius 3 is 3.00 bits per heavy atom. The minimum absolute atomic E-state index is 0.934. The van der Waals surface area contributed by atoms with Crippen LogP contribution in [0.1, 0.15) is 25.2 Å². The maximum atomic E-state index is 4.51. The lowest BCUT2D eigenvalue weighted by molar-refractivity contribution is 1.00. The van der Waals surface area contributed by atoms with E-state index in [0.29, 0.717) is 0 Å². The van der Waals surface area contributed by atoms with Gasteiger partial charge < -0.3 is 0 Å². The highest BCUT2D eigenvalue weighted by atomic mass is 14.9. The lowest BCUT2D eigenvalue weighted by atomic mass is 10.2. The van der Waals surface area contributed by atoms with Gasteiger partial charge in [-0.25, -0.2) is 0 Å². The van der Waals surface area contributed by atoms with Crippen molar-refractivity contribution < 1.29 is 0 Å². The van der Waals surface area contributed by atoms with E-state index in [2.05, 4.69) is 29.0 Å². The summed E-state index contributed by atoms with van der Waals surface area (Å²) in [4.78, 5) is 8.89. The quantitative estimate of drug-likeness (QED) is 0.618. The summed E-state index contributed by atoms with van der Waals surface area (Å²) in [6.45, 7) is 4.17. The van der Waals surface area contributed by atoms with E-state index in [0.717, 1.165) is 24.2 Å². The number of hydrogen-bond donors (Lipinski definition) is 0. The average molecular weight is 160 g/mol. The van der Waals surface area contributed by atoms with Crippen molar-refractivity contribution >= 4 is 11.4 Å². The Morgan fingerprint density at radius 1 is 1.42 bits per heavy atom. The fourth-order valence-electron chi connectivity index (χ4n) is 1.46. The van der Waals surface area contributed by atoms with Crippen LogP contribution in [0.4, 0.5) is 5.69 Å². The summed E-state index contributed by atoms with van der Waals surface area (Å²) in [7, 11) is 0. The van der Waals surface area contributed by atoms with E-state index in [-0.39, 0.29) is 0 Å². The van der Waals surface area contributed by atoms with Gasteiger partial charge in [0.1, 0.15) is 0 Å². The zero-order valence-corrected chi connectivity index (χ0v) is 7.46. The third kappa shape index (κ3) is 1.13. The molecule has 2 heteroatoms. The molecule has 1 aromatic rings. The molecule has 62 valence electrons. The van der Waals surface area contributed by atoms with Crippen LogP contribution in [0.5, 0.6) is 0 Å². The van der Waals surface area contributed by atoms with Crippen LogP contribution in [-0.4, -0.2) is 10.7 Å². The molecule has 0 spiro atoms. The highest BCUT2D eigenvalue weighted by Crippen LogP contribution is 2.24. The monoisotopic (exact) mass is 160 g/mol. The normalized spacial score (nSPS) is 14.3. The van der Waals surface area contributed by atoms with Gasteiger partial charge in [-0.05, 0) is 25.5 Å². The second kappa shape index (κ2) is 2.70. The summed E-state index contributed by atoms with van der Waals surface area (Å²) in [5, 5.41) is 0. The van der Waals surface area contributed by atoms with E-state index in [1.165, 1.54) is 11.4 Å². The zero-order valence-electron chi connectivity index (χ0n) is 7.46. The van der Waals surface area contributed by atoms with Crippen LogP contribution in [0.25, 0.3) is 0 Å². The molecule has 0 atom stereocenters. The molecule has 0 aliphatic carbocycles. The van der Waals surface area contributed by atoms with Crippen LogP contribution in [0.2, 0.25) is 0 Å². The van der Waals surface area contributed by atoms with Crippen LogP contribution in [-0.2, 0) is 12.8 Å². The molecule has 2 heterocycles. The van der Waals surface area contributed by atoms with Crippen LogP contribution in [0, 0.1) is 0 Å². The van der Waals surface area contributed by atoms with E-state index in [9.17, 15) is 0 Å². The Balaban J connectivity index is 2.42. The first-order valence-electron chi connectivity index (χ1n) is 4.32. The number of hydrogen-bond acceptors (Lipinski definition) is 2. The molecule has 0 saturated carbocycles. The number of aryl methyl sites for hydroxylation is 1. The van der Waals surface area contributed by atoms with Gasteiger partial charge in [-0.3, -0.25) is 9.98 Å². The Bertz CT molecular complexity index is 340. The van der Waals surface area contributed by atoms with Gasteiger partial charge in [-0.1, -0.05) is 6.92 Å². The molecule has 0 N–H and O–H groups in total. The molecular weight excluding hydrogens is 148 g/mol. The number of rotatable bonds is 1. The topological polar surface area (TPSA) is 25.2 Å². The highest BCUT2D eigenvalue weighted by molar-refractivity contribution is 5.91. The molecule has 0 aromatic carbocycles. The largest absolute Gasteiger partial charge is 0.256 e. The Labute approximate surface area is 72.4 Å². The maximum Gasteiger partial charge on any atom is 0.0848 e. The zero-order chi connectivity index (χ0) is 8.55. The first kappa shape index (κ1) is 7.47. The number of aromatic nitrogens is 1. The van der Waals surface area contributed by atoms with Crippen molar-refractivity contribution in [2.45, 2.75) is 26.7 Å². The van der Waals surface area contributed by atoms with Crippen LogP contribution >= 0.6 is 0 Å². The Hall–Kier alpha value is -1.18. The SMILES string of the molecule is CCc1ccc2c(n1)CC(C)=N2. The highest BCUT2D eigenvalue weighted by Gasteiger charge is 2.12. The summed E-state index contributed by atoms with van der Waals surface area (Å²) in [5.74, 6) is 0. The molecular formula is C10H12N2. The van der Waals surface area contributed by atoms with Gasteiger partial charge in [0.2, 0.25) is 0 Å². The van der Waals surface area contributed by atoms with E-state index < -0.39 is 0 Å². The average Bonchev–Trinajstić information content (AvgIpc) is 2.43. The van der Waals surface area contributed by atoms with Crippen molar-refractivity contribution in [3.05, 3.63) is 23.5 Å². The molecule has 1 aliphatic heterocycles. The molecule has 0 bridgehead atoms. The first-order chi connectivity index (χ1) is 5.79. The second-order valence-corrected chi connectivity index (χ2v) is 3.15. The lowest BCUT2D eigenvalue weighted by Crippen LogP contribution is -1.94. The number of fused-ring (bicyclic) bond motifs is 1. The predicted molar refractivity (Wildman–Crippen MR) is 50.1 cm³/mol. The molecule has 12 heavy (non-hydrogen) atoms. The molecule has 2 nitrogen and oxygen atoms in total. The summed E-state index contributed by atoms with van der Waals surface area (Å²) in [6, 6.07) is 4.12. The van der Waals surface area contributed by atoms with Crippen molar-refractivity contribution in [2.75, 3.05) is 0 Å². The van der Waals surface area contributed by atoms with E-state index in [4.69, 9.17) is 0 Å². The van der Waals surface area contributed by atoms with Gasteiger partial charge in [0.05, 0.1) is 11.4 Å². The lowest BCUT2D eigenvalue weighted by Gasteiger charge is -1.98. The standard InChI is InChI=1S/C10H12N2/c1-3-8-4-5-9-10(12-8)6-7(2)11-9/h4-5H,3,6H2,1-2H3. The summed E-state index contributed by atoms with van der Waals surface area (Å²) < 4.78 is 0. The number of nitrogens with zero attached hydrogens (tertiary/aromatic N) is 2. The van der Waals surface area contributed by atoms with Gasteiger partial charge in [-0.2, -0.15) is 0 Å².